The summed E-state index contributed by atoms with van der Waals surface area (Å²) in [6.45, 7) is 0. The molecule has 1 heterocycles. The number of rotatable bonds is 4. The highest BCUT2D eigenvalue weighted by molar-refractivity contribution is 6.53. The van der Waals surface area contributed by atoms with Gasteiger partial charge in [-0.25, -0.2) is 4.90 Å². The lowest BCUT2D eigenvalue weighted by molar-refractivity contribution is -0.120. The lowest BCUT2D eigenvalue weighted by Crippen LogP contribution is -2.32. The number of hydrogen-bond acceptors (Lipinski definition) is 5. The quantitative estimate of drug-likeness (QED) is 0.796. The van der Waals surface area contributed by atoms with E-state index in [1.807, 2.05) is 0 Å². The summed E-state index contributed by atoms with van der Waals surface area (Å²) in [6, 6.07) is 10.7. The molecule has 2 aromatic carbocycles. The molecule has 2 N–H and O–H groups in total. The number of methoxy groups -OCH3 is 1. The maximum atomic E-state index is 12.7. The maximum absolute atomic E-state index is 12.7. The van der Waals surface area contributed by atoms with Gasteiger partial charge in [0.05, 0.1) is 12.8 Å². The van der Waals surface area contributed by atoms with Crippen molar-refractivity contribution in [3.05, 3.63) is 58.2 Å². The minimum absolute atomic E-state index is 0.00635. The number of ether oxygens (including phenoxy) is 1. The minimum Gasteiger partial charge on any atom is -0.508 e. The van der Waals surface area contributed by atoms with E-state index in [2.05, 4.69) is 5.32 Å². The topological polar surface area (TPSA) is 78.9 Å². The molecule has 0 radical (unpaired) electrons. The molecule has 0 saturated carbocycles. The van der Waals surface area contributed by atoms with Crippen LogP contribution in [0.3, 0.4) is 0 Å². The van der Waals surface area contributed by atoms with Crippen molar-refractivity contribution in [3.63, 3.8) is 0 Å². The van der Waals surface area contributed by atoms with Crippen LogP contribution in [0, 0.1) is 0 Å². The average Bonchev–Trinajstić information content (AvgIpc) is 2.78. The normalized spacial score (nSPS) is 14.3. The lowest BCUT2D eigenvalue weighted by atomic mass is 10.2. The fraction of sp³-hybridized carbons (Fsp3) is 0.0588. The molecule has 128 valence electrons. The summed E-state index contributed by atoms with van der Waals surface area (Å²) >= 11 is 12.0. The highest BCUT2D eigenvalue weighted by Gasteiger charge is 2.40. The number of carbonyl (C=O) groups excluding carboxylic acids is 2. The van der Waals surface area contributed by atoms with E-state index in [9.17, 15) is 14.7 Å². The number of hydrogen-bond donors (Lipinski definition) is 2. The zero-order chi connectivity index (χ0) is 18.1. The zero-order valence-electron chi connectivity index (χ0n) is 12.9. The second-order valence-electron chi connectivity index (χ2n) is 5.13. The molecule has 3 rings (SSSR count). The van der Waals surface area contributed by atoms with Gasteiger partial charge in [-0.3, -0.25) is 9.59 Å². The third-order valence-electron chi connectivity index (χ3n) is 3.52. The summed E-state index contributed by atoms with van der Waals surface area (Å²) < 4.78 is 5.19. The predicted molar refractivity (Wildman–Crippen MR) is 95.1 cm³/mol. The molecule has 2 aromatic rings. The van der Waals surface area contributed by atoms with Gasteiger partial charge in [-0.05, 0) is 30.3 Å². The van der Waals surface area contributed by atoms with Crippen LogP contribution in [0.25, 0.3) is 0 Å². The summed E-state index contributed by atoms with van der Waals surface area (Å²) in [4.78, 5) is 26.1. The van der Waals surface area contributed by atoms with Crippen LogP contribution in [0.1, 0.15) is 0 Å². The Kier molecular flexibility index (Phi) is 4.57. The average molecular weight is 379 g/mol. The van der Waals surface area contributed by atoms with Gasteiger partial charge in [0, 0.05) is 16.8 Å². The molecule has 0 aromatic heterocycles. The number of phenols is 1. The largest absolute Gasteiger partial charge is 0.508 e. The van der Waals surface area contributed by atoms with Gasteiger partial charge in [-0.2, -0.15) is 0 Å². The number of nitrogens with one attached hydrogen (secondary N) is 1. The van der Waals surface area contributed by atoms with Gasteiger partial charge in [0.15, 0.2) is 0 Å². The van der Waals surface area contributed by atoms with Gasteiger partial charge in [-0.15, -0.1) is 0 Å². The molecule has 2 amide bonds. The van der Waals surface area contributed by atoms with Crippen molar-refractivity contribution in [1.82, 2.24) is 0 Å². The van der Waals surface area contributed by atoms with Gasteiger partial charge in [0.1, 0.15) is 22.2 Å². The third-order valence-corrected chi connectivity index (χ3v) is 4.11. The van der Waals surface area contributed by atoms with Crippen molar-refractivity contribution in [2.45, 2.75) is 0 Å². The number of imide groups is 1. The monoisotopic (exact) mass is 378 g/mol. The van der Waals surface area contributed by atoms with Crippen LogP contribution in [0.4, 0.5) is 11.4 Å². The van der Waals surface area contributed by atoms with Gasteiger partial charge >= 0.3 is 0 Å². The molecule has 0 aliphatic carbocycles. The minimum atomic E-state index is -0.699. The van der Waals surface area contributed by atoms with E-state index < -0.39 is 11.8 Å². The van der Waals surface area contributed by atoms with Crippen LogP contribution < -0.4 is 15.0 Å². The Balaban J connectivity index is 1.98. The number of nitrogens with zero attached hydrogens (tertiary/aromatic N) is 1. The van der Waals surface area contributed by atoms with Crippen molar-refractivity contribution < 1.29 is 19.4 Å². The molecule has 1 aliphatic heterocycles. The Morgan fingerprint density at radius 3 is 2.52 bits per heavy atom. The van der Waals surface area contributed by atoms with Gasteiger partial charge < -0.3 is 15.2 Å². The first-order valence-electron chi connectivity index (χ1n) is 7.10. The molecular formula is C17H12Cl2N2O4. The van der Waals surface area contributed by atoms with E-state index in [0.717, 1.165) is 4.90 Å². The van der Waals surface area contributed by atoms with E-state index in [0.29, 0.717) is 16.5 Å². The van der Waals surface area contributed by atoms with E-state index in [4.69, 9.17) is 27.9 Å². The smallest absolute Gasteiger partial charge is 0.283 e. The molecule has 0 unspecified atom stereocenters. The molecule has 8 heteroatoms. The van der Waals surface area contributed by atoms with Crippen LogP contribution in [-0.2, 0) is 9.59 Å². The van der Waals surface area contributed by atoms with Crippen molar-refractivity contribution in [3.8, 4) is 11.5 Å². The highest BCUT2D eigenvalue weighted by atomic mass is 35.5. The molecule has 0 saturated heterocycles. The van der Waals surface area contributed by atoms with E-state index in [1.54, 1.807) is 24.3 Å². The summed E-state index contributed by atoms with van der Waals surface area (Å²) in [7, 11) is 1.42. The van der Waals surface area contributed by atoms with Crippen molar-refractivity contribution in [2.75, 3.05) is 17.3 Å². The van der Waals surface area contributed by atoms with Crippen LogP contribution in [0.5, 0.6) is 11.5 Å². The molecule has 0 spiro atoms. The fourth-order valence-electron chi connectivity index (χ4n) is 2.40. The third kappa shape index (κ3) is 3.14. The molecule has 0 atom stereocenters. The summed E-state index contributed by atoms with van der Waals surface area (Å²) in [5, 5.41) is 12.3. The van der Waals surface area contributed by atoms with E-state index >= 15 is 0 Å². The SMILES string of the molecule is COc1ccc(Cl)cc1N1C(=O)C(Cl)=C(Nc2cccc(O)c2)C1=O. The number of amides is 2. The molecular weight excluding hydrogens is 367 g/mol. The second-order valence-corrected chi connectivity index (χ2v) is 5.94. The molecule has 25 heavy (non-hydrogen) atoms. The molecule has 6 nitrogen and oxygen atoms in total. The zero-order valence-corrected chi connectivity index (χ0v) is 14.4. The highest BCUT2D eigenvalue weighted by Crippen LogP contribution is 2.37. The van der Waals surface area contributed by atoms with Gasteiger partial charge in [0.2, 0.25) is 0 Å². The summed E-state index contributed by atoms with van der Waals surface area (Å²) in [5.41, 5.74) is 0.504. The Morgan fingerprint density at radius 2 is 1.84 bits per heavy atom. The first kappa shape index (κ1) is 17.1. The molecule has 0 fully saturated rings. The van der Waals surface area contributed by atoms with Crippen LogP contribution in [0.15, 0.2) is 53.2 Å². The summed E-state index contributed by atoms with van der Waals surface area (Å²) in [6.07, 6.45) is 0. The second kappa shape index (κ2) is 6.66. The van der Waals surface area contributed by atoms with Crippen LogP contribution in [-0.4, -0.2) is 24.0 Å². The number of carbonyl (C=O) groups is 2. The molecule has 0 bridgehead atoms. The first-order valence-corrected chi connectivity index (χ1v) is 7.86. The number of aromatic hydroxyl groups is 1. The number of anilines is 2. The predicted octanol–water partition coefficient (Wildman–Crippen LogP) is 3.49. The Bertz CT molecular complexity index is 911. The van der Waals surface area contributed by atoms with Gasteiger partial charge in [-0.1, -0.05) is 29.3 Å². The number of phenolic OH excluding ortho intramolecular Hbond substituents is 1. The van der Waals surface area contributed by atoms with Gasteiger partial charge in [0.25, 0.3) is 11.8 Å². The number of halogens is 2. The Morgan fingerprint density at radius 1 is 1.08 bits per heavy atom. The fourth-order valence-corrected chi connectivity index (χ4v) is 2.77. The Hall–Kier alpha value is -2.70. The van der Waals surface area contributed by atoms with E-state index in [-0.39, 0.29) is 22.2 Å². The Labute approximate surface area is 153 Å². The summed E-state index contributed by atoms with van der Waals surface area (Å²) in [5.74, 6) is -1.05. The van der Waals surface area contributed by atoms with Crippen LogP contribution in [0.2, 0.25) is 5.02 Å². The standard InChI is InChI=1S/C17H12Cl2N2O4/c1-25-13-6-5-9(18)7-12(13)21-16(23)14(19)15(17(21)24)20-10-3-2-4-11(22)8-10/h2-8,20,22H,1H3. The maximum Gasteiger partial charge on any atom is 0.283 e. The van der Waals surface area contributed by atoms with Crippen molar-refractivity contribution >= 4 is 46.4 Å². The van der Waals surface area contributed by atoms with Crippen molar-refractivity contribution in [1.29, 1.82) is 0 Å². The number of benzene rings is 2. The molecule has 1 aliphatic rings. The first-order chi connectivity index (χ1) is 11.9. The van der Waals surface area contributed by atoms with Crippen molar-refractivity contribution in [2.24, 2.45) is 0 Å². The lowest BCUT2D eigenvalue weighted by Gasteiger charge is -2.18. The van der Waals surface area contributed by atoms with E-state index in [1.165, 1.54) is 25.3 Å². The van der Waals surface area contributed by atoms with Crippen LogP contribution >= 0.6 is 23.2 Å².